The summed E-state index contributed by atoms with van der Waals surface area (Å²) in [5.74, 6) is 0.0520. The summed E-state index contributed by atoms with van der Waals surface area (Å²) in [7, 11) is 0. The standard InChI is InChI=1S/C18H12ClN5OS/c19-12-6-8-13(9-7-12)26-15-5-2-1-4-14(15)21-17(25)16-22-18-20-10-3-11-24(18)23-16/h1-11H,(H,21,25). The molecule has 8 heteroatoms. The van der Waals surface area contributed by atoms with Crippen molar-refractivity contribution in [2.24, 2.45) is 0 Å². The summed E-state index contributed by atoms with van der Waals surface area (Å²) in [5.41, 5.74) is 0.685. The number of fused-ring (bicyclic) bond motifs is 1. The third-order valence-corrected chi connectivity index (χ3v) is 4.83. The Morgan fingerprint density at radius 3 is 2.69 bits per heavy atom. The van der Waals surface area contributed by atoms with Crippen molar-refractivity contribution in [3.63, 3.8) is 0 Å². The average Bonchev–Trinajstić information content (AvgIpc) is 3.09. The monoisotopic (exact) mass is 381 g/mol. The highest BCUT2D eigenvalue weighted by Gasteiger charge is 2.15. The van der Waals surface area contributed by atoms with Crippen LogP contribution in [0.15, 0.2) is 76.8 Å². The maximum atomic E-state index is 12.5. The number of benzene rings is 2. The van der Waals surface area contributed by atoms with Crippen LogP contribution in [-0.4, -0.2) is 25.5 Å². The van der Waals surface area contributed by atoms with E-state index >= 15 is 0 Å². The fourth-order valence-electron chi connectivity index (χ4n) is 2.30. The average molecular weight is 382 g/mol. The molecule has 0 saturated heterocycles. The van der Waals surface area contributed by atoms with Crippen LogP contribution in [0.3, 0.4) is 0 Å². The predicted molar refractivity (Wildman–Crippen MR) is 101 cm³/mol. The fourth-order valence-corrected chi connectivity index (χ4v) is 3.32. The van der Waals surface area contributed by atoms with Gasteiger partial charge in [-0.25, -0.2) is 9.50 Å². The van der Waals surface area contributed by atoms with Crippen molar-refractivity contribution >= 4 is 40.7 Å². The third-order valence-electron chi connectivity index (χ3n) is 3.50. The van der Waals surface area contributed by atoms with Crippen molar-refractivity contribution < 1.29 is 4.79 Å². The van der Waals surface area contributed by atoms with Gasteiger partial charge in [-0.3, -0.25) is 4.79 Å². The molecule has 4 rings (SSSR count). The van der Waals surface area contributed by atoms with E-state index in [0.29, 0.717) is 16.5 Å². The first kappa shape index (κ1) is 16.6. The van der Waals surface area contributed by atoms with E-state index in [1.54, 1.807) is 18.5 Å². The van der Waals surface area contributed by atoms with Crippen LogP contribution >= 0.6 is 23.4 Å². The van der Waals surface area contributed by atoms with Gasteiger partial charge in [0, 0.05) is 27.2 Å². The molecular weight excluding hydrogens is 370 g/mol. The number of aromatic nitrogens is 4. The summed E-state index contributed by atoms with van der Waals surface area (Å²) in [6, 6.07) is 16.8. The molecular formula is C18H12ClN5OS. The Kier molecular flexibility index (Phi) is 4.55. The van der Waals surface area contributed by atoms with Crippen molar-refractivity contribution in [2.75, 3.05) is 5.32 Å². The van der Waals surface area contributed by atoms with Gasteiger partial charge in [-0.15, -0.1) is 5.10 Å². The first-order valence-corrected chi connectivity index (χ1v) is 8.90. The Hall–Kier alpha value is -2.90. The van der Waals surface area contributed by atoms with Crippen LogP contribution in [0, 0.1) is 0 Å². The Morgan fingerprint density at radius 1 is 1.08 bits per heavy atom. The molecule has 2 aromatic carbocycles. The van der Waals surface area contributed by atoms with Crippen molar-refractivity contribution in [3.8, 4) is 0 Å². The largest absolute Gasteiger partial charge is 0.318 e. The molecule has 0 unspecified atom stereocenters. The molecule has 2 heterocycles. The molecule has 2 aromatic heterocycles. The predicted octanol–water partition coefficient (Wildman–Crippen LogP) is 4.18. The minimum absolute atomic E-state index is 0.0648. The molecule has 6 nitrogen and oxygen atoms in total. The minimum Gasteiger partial charge on any atom is -0.318 e. The maximum Gasteiger partial charge on any atom is 0.295 e. The highest BCUT2D eigenvalue weighted by Crippen LogP contribution is 2.34. The van der Waals surface area contributed by atoms with Gasteiger partial charge in [0.2, 0.25) is 5.82 Å². The van der Waals surface area contributed by atoms with Crippen molar-refractivity contribution in [1.29, 1.82) is 0 Å². The highest BCUT2D eigenvalue weighted by atomic mass is 35.5. The third kappa shape index (κ3) is 3.54. The Labute approximate surface area is 158 Å². The summed E-state index contributed by atoms with van der Waals surface area (Å²) in [5, 5.41) is 7.69. The zero-order valence-electron chi connectivity index (χ0n) is 13.3. The van der Waals surface area contributed by atoms with Crippen LogP contribution in [0.4, 0.5) is 5.69 Å². The number of carbonyl (C=O) groups excluding carboxylic acids is 1. The lowest BCUT2D eigenvalue weighted by Crippen LogP contribution is -2.14. The van der Waals surface area contributed by atoms with Gasteiger partial charge in [0.15, 0.2) is 0 Å². The van der Waals surface area contributed by atoms with E-state index in [1.165, 1.54) is 16.3 Å². The lowest BCUT2D eigenvalue weighted by atomic mass is 10.3. The SMILES string of the molecule is O=C(Nc1ccccc1Sc1ccc(Cl)cc1)c1nc2ncccn2n1. The van der Waals surface area contributed by atoms with Gasteiger partial charge in [0.05, 0.1) is 5.69 Å². The number of hydrogen-bond donors (Lipinski definition) is 1. The van der Waals surface area contributed by atoms with E-state index in [9.17, 15) is 4.79 Å². The van der Waals surface area contributed by atoms with Crippen molar-refractivity contribution in [3.05, 3.63) is 77.8 Å². The van der Waals surface area contributed by atoms with Gasteiger partial charge in [0.25, 0.3) is 11.7 Å². The number of nitrogens with one attached hydrogen (secondary N) is 1. The van der Waals surface area contributed by atoms with E-state index in [4.69, 9.17) is 11.6 Å². The summed E-state index contributed by atoms with van der Waals surface area (Å²) in [6.45, 7) is 0. The molecule has 0 saturated carbocycles. The second kappa shape index (κ2) is 7.15. The first-order chi connectivity index (χ1) is 12.7. The summed E-state index contributed by atoms with van der Waals surface area (Å²) >= 11 is 7.46. The second-order valence-electron chi connectivity index (χ2n) is 5.31. The van der Waals surface area contributed by atoms with Gasteiger partial charge in [-0.05, 0) is 42.5 Å². The van der Waals surface area contributed by atoms with Crippen LogP contribution in [-0.2, 0) is 0 Å². The van der Waals surface area contributed by atoms with E-state index in [2.05, 4.69) is 20.4 Å². The molecule has 26 heavy (non-hydrogen) atoms. The quantitative estimate of drug-likeness (QED) is 0.574. The lowest BCUT2D eigenvalue weighted by molar-refractivity contribution is 0.101. The Bertz CT molecular complexity index is 1050. The van der Waals surface area contributed by atoms with E-state index in [-0.39, 0.29) is 11.7 Å². The van der Waals surface area contributed by atoms with Crippen LogP contribution in [0.1, 0.15) is 10.6 Å². The number of rotatable bonds is 4. The van der Waals surface area contributed by atoms with Gasteiger partial charge < -0.3 is 5.32 Å². The highest BCUT2D eigenvalue weighted by molar-refractivity contribution is 7.99. The smallest absolute Gasteiger partial charge is 0.295 e. The molecule has 0 bridgehead atoms. The molecule has 4 aromatic rings. The zero-order chi connectivity index (χ0) is 17.9. The van der Waals surface area contributed by atoms with Gasteiger partial charge in [-0.1, -0.05) is 35.5 Å². The molecule has 0 aliphatic heterocycles. The van der Waals surface area contributed by atoms with Crippen LogP contribution in [0.5, 0.6) is 0 Å². The van der Waals surface area contributed by atoms with Gasteiger partial charge >= 0.3 is 0 Å². The second-order valence-corrected chi connectivity index (χ2v) is 6.86. The molecule has 0 fully saturated rings. The molecule has 0 atom stereocenters. The Morgan fingerprint density at radius 2 is 1.88 bits per heavy atom. The Balaban J connectivity index is 1.57. The molecule has 0 aliphatic rings. The summed E-state index contributed by atoms with van der Waals surface area (Å²) < 4.78 is 1.46. The number of hydrogen-bond acceptors (Lipinski definition) is 5. The topological polar surface area (TPSA) is 72.2 Å². The fraction of sp³-hybridized carbons (Fsp3) is 0. The molecule has 0 spiro atoms. The van der Waals surface area contributed by atoms with Crippen molar-refractivity contribution in [1.82, 2.24) is 19.6 Å². The minimum atomic E-state index is -0.389. The number of anilines is 1. The summed E-state index contributed by atoms with van der Waals surface area (Å²) in [4.78, 5) is 22.7. The zero-order valence-corrected chi connectivity index (χ0v) is 14.9. The first-order valence-electron chi connectivity index (χ1n) is 7.70. The number of halogens is 1. The van der Waals surface area contributed by atoms with Crippen molar-refractivity contribution in [2.45, 2.75) is 9.79 Å². The number of para-hydroxylation sites is 1. The van der Waals surface area contributed by atoms with Crippen LogP contribution in [0.25, 0.3) is 5.78 Å². The van der Waals surface area contributed by atoms with Crippen LogP contribution < -0.4 is 5.32 Å². The van der Waals surface area contributed by atoms with E-state index < -0.39 is 0 Å². The number of carbonyl (C=O) groups is 1. The molecule has 1 N–H and O–H groups in total. The normalized spacial score (nSPS) is 10.8. The summed E-state index contributed by atoms with van der Waals surface area (Å²) in [6.07, 6.45) is 3.29. The molecule has 0 radical (unpaired) electrons. The molecule has 1 amide bonds. The number of nitrogens with zero attached hydrogens (tertiary/aromatic N) is 4. The van der Waals surface area contributed by atoms with Gasteiger partial charge in [0.1, 0.15) is 0 Å². The van der Waals surface area contributed by atoms with Gasteiger partial charge in [-0.2, -0.15) is 4.98 Å². The number of amides is 1. The molecule has 0 aliphatic carbocycles. The van der Waals surface area contributed by atoms with E-state index in [1.807, 2.05) is 48.5 Å². The van der Waals surface area contributed by atoms with E-state index in [0.717, 1.165) is 9.79 Å². The molecule has 128 valence electrons. The maximum absolute atomic E-state index is 12.5. The van der Waals surface area contributed by atoms with Crippen LogP contribution in [0.2, 0.25) is 5.02 Å². The lowest BCUT2D eigenvalue weighted by Gasteiger charge is -2.09.